The molecular formula is C24H30N3O10P. The van der Waals surface area contributed by atoms with E-state index in [0.29, 0.717) is 0 Å². The Morgan fingerprint density at radius 1 is 1.24 bits per heavy atom. The number of rotatable bonds is 10. The molecule has 13 nitrogen and oxygen atoms in total. The first-order chi connectivity index (χ1) is 18.0. The lowest BCUT2D eigenvalue weighted by atomic mass is 10.1. The van der Waals surface area contributed by atoms with Gasteiger partial charge in [-0.15, -0.1) is 5.92 Å². The number of esters is 1. The molecule has 1 aromatic heterocycles. The van der Waals surface area contributed by atoms with E-state index in [4.69, 9.17) is 18.5 Å². The van der Waals surface area contributed by atoms with Crippen LogP contribution in [0.4, 0.5) is 0 Å². The van der Waals surface area contributed by atoms with E-state index in [1.807, 2.05) is 0 Å². The monoisotopic (exact) mass is 551 g/mol. The minimum Gasteiger partial charge on any atom is -0.468 e. The van der Waals surface area contributed by atoms with Gasteiger partial charge in [0, 0.05) is 6.20 Å². The van der Waals surface area contributed by atoms with Crippen LogP contribution in [0.2, 0.25) is 0 Å². The number of benzene rings is 1. The van der Waals surface area contributed by atoms with Crippen LogP contribution in [0.1, 0.15) is 32.6 Å². The Labute approximate surface area is 218 Å². The number of aromatic nitrogens is 2. The van der Waals surface area contributed by atoms with E-state index in [-0.39, 0.29) is 17.2 Å². The van der Waals surface area contributed by atoms with Gasteiger partial charge >= 0.3 is 19.4 Å². The van der Waals surface area contributed by atoms with Crippen LogP contribution in [0, 0.1) is 17.8 Å². The number of H-pyrrole nitrogens is 1. The minimum atomic E-state index is -4.30. The van der Waals surface area contributed by atoms with Crippen LogP contribution in [0.15, 0.2) is 46.1 Å². The maximum Gasteiger partial charge on any atom is 0.459 e. The van der Waals surface area contributed by atoms with E-state index in [2.05, 4.69) is 21.9 Å². The molecule has 14 heteroatoms. The summed E-state index contributed by atoms with van der Waals surface area (Å²) in [6.45, 7) is 4.33. The van der Waals surface area contributed by atoms with Gasteiger partial charge in [0.1, 0.15) is 35.7 Å². The van der Waals surface area contributed by atoms with Crippen LogP contribution in [-0.2, 0) is 23.4 Å². The molecule has 4 N–H and O–H groups in total. The largest absolute Gasteiger partial charge is 0.468 e. The topological polar surface area (TPSA) is 178 Å². The third-order valence-corrected chi connectivity index (χ3v) is 7.17. The molecule has 1 aromatic carbocycles. The fraction of sp³-hybridized carbons (Fsp3) is 0.458. The fourth-order valence-electron chi connectivity index (χ4n) is 3.65. The van der Waals surface area contributed by atoms with Gasteiger partial charge in [-0.05, 0) is 25.0 Å². The van der Waals surface area contributed by atoms with Crippen LogP contribution < -0.4 is 20.9 Å². The Morgan fingerprint density at radius 2 is 1.92 bits per heavy atom. The second kappa shape index (κ2) is 12.5. The van der Waals surface area contributed by atoms with Crippen molar-refractivity contribution >= 4 is 13.7 Å². The first-order valence-corrected chi connectivity index (χ1v) is 13.2. The highest BCUT2D eigenvalue weighted by molar-refractivity contribution is 7.52. The Morgan fingerprint density at radius 3 is 2.53 bits per heavy atom. The van der Waals surface area contributed by atoms with E-state index in [9.17, 15) is 29.2 Å². The summed E-state index contributed by atoms with van der Waals surface area (Å²) in [6, 6.07) is 6.99. The molecule has 0 radical (unpaired) electrons. The number of carbonyl (C=O) groups is 1. The van der Waals surface area contributed by atoms with Crippen LogP contribution in [0.3, 0.4) is 0 Å². The second-order valence-electron chi connectivity index (χ2n) is 8.70. The van der Waals surface area contributed by atoms with Gasteiger partial charge in [-0.1, -0.05) is 38.0 Å². The Kier molecular flexibility index (Phi) is 9.67. The van der Waals surface area contributed by atoms with E-state index in [0.717, 1.165) is 10.8 Å². The average molecular weight is 551 g/mol. The Hall–Kier alpha value is -3.24. The van der Waals surface area contributed by atoms with Crippen LogP contribution in [0.5, 0.6) is 5.75 Å². The second-order valence-corrected chi connectivity index (χ2v) is 10.4. The molecule has 2 aromatic rings. The molecule has 0 saturated carbocycles. The van der Waals surface area contributed by atoms with Gasteiger partial charge in [-0.25, -0.2) is 9.36 Å². The van der Waals surface area contributed by atoms with E-state index in [1.165, 1.54) is 26.2 Å². The van der Waals surface area contributed by atoms with Crippen molar-refractivity contribution in [1.82, 2.24) is 14.6 Å². The van der Waals surface area contributed by atoms with Gasteiger partial charge in [0.15, 0.2) is 6.23 Å². The van der Waals surface area contributed by atoms with Crippen molar-refractivity contribution in [3.63, 3.8) is 0 Å². The first-order valence-electron chi connectivity index (χ1n) is 11.6. The molecule has 1 saturated heterocycles. The standard InChI is InChI=1S/C24H30N3O10P/c1-5-9-15-12-27(24(32)25-21(15)30)22-20(29)19(28)17(36-22)13-35-38(33,37-16-10-7-6-8-11-16)26-18(14(2)3)23(31)34-4/h6-8,10-12,14,17-20,22,28-29H,13H2,1-4H3,(H,26,33)(H,25,30,32)/t17-,18+,19-,20+,22-,38?/m1/s1. The van der Waals surface area contributed by atoms with Crippen LogP contribution in [0.25, 0.3) is 0 Å². The third-order valence-electron chi connectivity index (χ3n) is 5.64. The summed E-state index contributed by atoms with van der Waals surface area (Å²) in [7, 11) is -3.12. The molecule has 0 bridgehead atoms. The van der Waals surface area contributed by atoms with Gasteiger partial charge in [0.2, 0.25) is 0 Å². The lowest BCUT2D eigenvalue weighted by Crippen LogP contribution is -2.42. The predicted molar refractivity (Wildman–Crippen MR) is 134 cm³/mol. The van der Waals surface area contributed by atoms with Gasteiger partial charge in [-0.2, -0.15) is 5.09 Å². The van der Waals surface area contributed by atoms with E-state index in [1.54, 1.807) is 32.0 Å². The van der Waals surface area contributed by atoms with Crippen molar-refractivity contribution in [2.24, 2.45) is 5.92 Å². The number of aromatic amines is 1. The zero-order valence-electron chi connectivity index (χ0n) is 21.2. The lowest BCUT2D eigenvalue weighted by Gasteiger charge is -2.27. The quantitative estimate of drug-likeness (QED) is 0.184. The minimum absolute atomic E-state index is 0.0513. The Bertz CT molecular complexity index is 1350. The number of carbonyl (C=O) groups excluding carboxylic acids is 1. The fourth-order valence-corrected chi connectivity index (χ4v) is 5.31. The molecule has 0 spiro atoms. The smallest absolute Gasteiger partial charge is 0.459 e. The molecule has 1 aliphatic rings. The zero-order chi connectivity index (χ0) is 28.0. The number of nitrogens with zero attached hydrogens (tertiary/aromatic N) is 1. The van der Waals surface area contributed by atoms with Crippen molar-refractivity contribution in [3.8, 4) is 17.6 Å². The van der Waals surface area contributed by atoms with Crippen molar-refractivity contribution < 1.29 is 38.1 Å². The number of hydrogen-bond acceptors (Lipinski definition) is 10. The number of nitrogens with one attached hydrogen (secondary N) is 2. The van der Waals surface area contributed by atoms with Crippen molar-refractivity contribution in [1.29, 1.82) is 0 Å². The van der Waals surface area contributed by atoms with Gasteiger partial charge in [0.25, 0.3) is 5.56 Å². The number of aliphatic hydroxyl groups is 2. The molecule has 6 atom stereocenters. The summed E-state index contributed by atoms with van der Waals surface area (Å²) < 4.78 is 36.2. The molecule has 2 heterocycles. The van der Waals surface area contributed by atoms with Gasteiger partial charge < -0.3 is 24.2 Å². The maximum absolute atomic E-state index is 13.7. The first kappa shape index (κ1) is 29.3. The number of para-hydroxylation sites is 1. The summed E-state index contributed by atoms with van der Waals surface area (Å²) in [6.07, 6.45) is -4.78. The molecule has 1 fully saturated rings. The molecule has 0 aliphatic carbocycles. The zero-order valence-corrected chi connectivity index (χ0v) is 22.1. The molecule has 3 rings (SSSR count). The lowest BCUT2D eigenvalue weighted by molar-refractivity contribution is -0.143. The predicted octanol–water partition coefficient (Wildman–Crippen LogP) is 0.518. The molecule has 0 amide bonds. The highest BCUT2D eigenvalue weighted by atomic mass is 31.2. The normalized spacial score (nSPS) is 23.2. The number of ether oxygens (including phenoxy) is 2. The van der Waals surface area contributed by atoms with Crippen molar-refractivity contribution in [2.45, 2.75) is 51.4 Å². The van der Waals surface area contributed by atoms with E-state index >= 15 is 0 Å². The summed E-state index contributed by atoms with van der Waals surface area (Å²) >= 11 is 0. The maximum atomic E-state index is 13.7. The van der Waals surface area contributed by atoms with E-state index < -0.39 is 62.2 Å². The highest BCUT2D eigenvalue weighted by Crippen LogP contribution is 2.46. The summed E-state index contributed by atoms with van der Waals surface area (Å²) in [4.78, 5) is 38.7. The summed E-state index contributed by atoms with van der Waals surface area (Å²) in [5.74, 6) is 4.18. The third kappa shape index (κ3) is 6.79. The average Bonchev–Trinajstić information content (AvgIpc) is 3.16. The number of hydrogen-bond donors (Lipinski definition) is 4. The molecule has 1 unspecified atom stereocenters. The molecule has 1 aliphatic heterocycles. The Balaban J connectivity index is 1.85. The van der Waals surface area contributed by atoms with Crippen molar-refractivity contribution in [3.05, 3.63) is 62.9 Å². The number of aliphatic hydroxyl groups excluding tert-OH is 2. The van der Waals surface area contributed by atoms with Crippen molar-refractivity contribution in [2.75, 3.05) is 13.7 Å². The molecule has 38 heavy (non-hydrogen) atoms. The number of methoxy groups -OCH3 is 1. The highest BCUT2D eigenvalue weighted by Gasteiger charge is 2.46. The van der Waals surface area contributed by atoms with Crippen LogP contribution in [-0.4, -0.2) is 63.8 Å². The summed E-state index contributed by atoms with van der Waals surface area (Å²) in [5.41, 5.74) is -1.67. The SMILES string of the molecule is CC#Cc1cn([C@@H]2O[C@H](COP(=O)(N[C@H](C(=O)OC)C(C)C)Oc3ccccc3)[C@@H](O)[C@@H]2O)c(=O)[nH]c1=O. The molecule has 206 valence electrons. The summed E-state index contributed by atoms with van der Waals surface area (Å²) in [5, 5.41) is 23.8. The molecular weight excluding hydrogens is 521 g/mol. The van der Waals surface area contributed by atoms with Crippen LogP contribution >= 0.6 is 7.75 Å². The van der Waals surface area contributed by atoms with Gasteiger partial charge in [0.05, 0.1) is 13.7 Å². The van der Waals surface area contributed by atoms with Gasteiger partial charge in [-0.3, -0.25) is 23.7 Å².